The summed E-state index contributed by atoms with van der Waals surface area (Å²) in [6, 6.07) is 0. The molecule has 9 atom stereocenters. The van der Waals surface area contributed by atoms with E-state index in [9.17, 15) is 18.3 Å². The van der Waals surface area contributed by atoms with E-state index in [-0.39, 0.29) is 11.3 Å². The van der Waals surface area contributed by atoms with Crippen molar-refractivity contribution in [1.29, 1.82) is 0 Å². The summed E-state index contributed by atoms with van der Waals surface area (Å²) < 4.78 is 38.0. The van der Waals surface area contributed by atoms with Gasteiger partial charge in [0.15, 0.2) is 6.10 Å². The van der Waals surface area contributed by atoms with Crippen LogP contribution in [0.25, 0.3) is 0 Å². The fraction of sp³-hybridized carbons (Fsp3) is 0.920. The fourth-order valence-electron chi connectivity index (χ4n) is 8.72. The van der Waals surface area contributed by atoms with Crippen molar-refractivity contribution in [3.8, 4) is 0 Å². The zero-order valence-electron chi connectivity index (χ0n) is 18.3. The zero-order valence-corrected chi connectivity index (χ0v) is 18.3. The summed E-state index contributed by atoms with van der Waals surface area (Å²) in [6.07, 6.45) is 9.00. The SMILES string of the molecule is C[C@H](/C=C/C(O)C(F)(F)F)C1CCC2C3CCC4CCCCC4(C)C3CCC21C. The van der Waals surface area contributed by atoms with Crippen LogP contribution in [0.15, 0.2) is 12.2 Å². The van der Waals surface area contributed by atoms with E-state index in [0.717, 1.165) is 36.2 Å². The van der Waals surface area contributed by atoms with Gasteiger partial charge in [-0.15, -0.1) is 0 Å². The van der Waals surface area contributed by atoms with Crippen LogP contribution in [0.2, 0.25) is 0 Å². The minimum absolute atomic E-state index is 0.0835. The van der Waals surface area contributed by atoms with Gasteiger partial charge >= 0.3 is 6.18 Å². The Morgan fingerprint density at radius 1 is 0.862 bits per heavy atom. The molecule has 29 heavy (non-hydrogen) atoms. The van der Waals surface area contributed by atoms with Crippen molar-refractivity contribution in [2.75, 3.05) is 0 Å². The third kappa shape index (κ3) is 3.59. The van der Waals surface area contributed by atoms with Crippen LogP contribution in [0.1, 0.15) is 85.0 Å². The second-order valence-electron chi connectivity index (χ2n) is 11.4. The van der Waals surface area contributed by atoms with E-state index in [2.05, 4.69) is 20.8 Å². The Hall–Kier alpha value is -0.510. The fourth-order valence-corrected chi connectivity index (χ4v) is 8.72. The first-order valence-corrected chi connectivity index (χ1v) is 12.0. The van der Waals surface area contributed by atoms with Gasteiger partial charge in [0, 0.05) is 0 Å². The molecule has 8 unspecified atom stereocenters. The van der Waals surface area contributed by atoms with Gasteiger partial charge in [0.25, 0.3) is 0 Å². The van der Waals surface area contributed by atoms with Crippen molar-refractivity contribution in [2.45, 2.75) is 97.3 Å². The van der Waals surface area contributed by atoms with Crippen molar-refractivity contribution in [3.05, 3.63) is 12.2 Å². The number of aliphatic hydroxyl groups excluding tert-OH is 1. The molecule has 4 rings (SSSR count). The maximum atomic E-state index is 12.7. The average Bonchev–Trinajstić information content (AvgIpc) is 3.01. The molecular formula is C25H39F3O. The lowest BCUT2D eigenvalue weighted by Crippen LogP contribution is -2.53. The van der Waals surface area contributed by atoms with Crippen LogP contribution in [0, 0.1) is 46.3 Å². The van der Waals surface area contributed by atoms with Crippen LogP contribution >= 0.6 is 0 Å². The molecule has 0 saturated heterocycles. The van der Waals surface area contributed by atoms with Crippen LogP contribution in [-0.2, 0) is 0 Å². The third-order valence-electron chi connectivity index (χ3n) is 10.2. The second-order valence-corrected chi connectivity index (χ2v) is 11.4. The van der Waals surface area contributed by atoms with E-state index in [1.54, 1.807) is 6.08 Å². The Morgan fingerprint density at radius 3 is 2.31 bits per heavy atom. The standard InChI is InChI=1S/C25H39F3O/c1-16(7-12-22(29)25(26,27)28)19-10-11-20-18-9-8-17-6-4-5-14-23(17,2)21(18)13-15-24(19,20)3/h7,12,16-22,29H,4-6,8-11,13-15H2,1-3H3/b12-7+/t16-,17?,18?,19?,20?,21?,22?,23?,24?/m1/s1. The molecule has 0 radical (unpaired) electrons. The first-order chi connectivity index (χ1) is 13.6. The zero-order chi connectivity index (χ0) is 21.0. The Kier molecular flexibility index (Phi) is 5.67. The topological polar surface area (TPSA) is 20.2 Å². The molecule has 166 valence electrons. The molecule has 4 fully saturated rings. The molecule has 4 heteroatoms. The molecule has 0 aromatic rings. The maximum absolute atomic E-state index is 12.7. The van der Waals surface area contributed by atoms with E-state index in [1.165, 1.54) is 57.8 Å². The summed E-state index contributed by atoms with van der Waals surface area (Å²) in [6.45, 7) is 7.08. The number of alkyl halides is 3. The first kappa shape index (κ1) is 21.7. The summed E-state index contributed by atoms with van der Waals surface area (Å²) >= 11 is 0. The van der Waals surface area contributed by atoms with E-state index < -0.39 is 12.3 Å². The molecule has 1 N–H and O–H groups in total. The van der Waals surface area contributed by atoms with Crippen LogP contribution in [0.3, 0.4) is 0 Å². The number of hydrogen-bond donors (Lipinski definition) is 1. The van der Waals surface area contributed by atoms with Gasteiger partial charge in [-0.2, -0.15) is 13.2 Å². The number of fused-ring (bicyclic) bond motifs is 5. The Labute approximate surface area is 174 Å². The molecule has 4 aliphatic carbocycles. The van der Waals surface area contributed by atoms with Gasteiger partial charge in [0.2, 0.25) is 0 Å². The summed E-state index contributed by atoms with van der Waals surface area (Å²) in [5.74, 6) is 3.84. The minimum Gasteiger partial charge on any atom is -0.380 e. The van der Waals surface area contributed by atoms with Gasteiger partial charge in [0.05, 0.1) is 0 Å². The van der Waals surface area contributed by atoms with Crippen molar-refractivity contribution in [2.24, 2.45) is 46.3 Å². The predicted octanol–water partition coefficient (Wildman–Crippen LogP) is 7.15. The highest BCUT2D eigenvalue weighted by Crippen LogP contribution is 2.68. The second kappa shape index (κ2) is 7.57. The van der Waals surface area contributed by atoms with Gasteiger partial charge in [-0.25, -0.2) is 0 Å². The third-order valence-corrected chi connectivity index (χ3v) is 10.2. The summed E-state index contributed by atoms with van der Waals surface area (Å²) in [5.41, 5.74) is 0.773. The number of halogens is 3. The molecule has 0 aromatic heterocycles. The summed E-state index contributed by atoms with van der Waals surface area (Å²) in [5, 5.41) is 9.36. The molecule has 4 aliphatic rings. The van der Waals surface area contributed by atoms with E-state index in [1.807, 2.05) is 0 Å². The molecule has 0 aromatic carbocycles. The van der Waals surface area contributed by atoms with Crippen LogP contribution in [-0.4, -0.2) is 17.4 Å². The maximum Gasteiger partial charge on any atom is 0.417 e. The van der Waals surface area contributed by atoms with Gasteiger partial charge in [-0.3, -0.25) is 0 Å². The number of allylic oxidation sites excluding steroid dienone is 1. The van der Waals surface area contributed by atoms with Crippen LogP contribution in [0.5, 0.6) is 0 Å². The Balaban J connectivity index is 1.50. The molecule has 0 bridgehead atoms. The lowest BCUT2D eigenvalue weighted by molar-refractivity contribution is -0.187. The lowest BCUT2D eigenvalue weighted by atomic mass is 9.44. The molecule has 0 amide bonds. The van der Waals surface area contributed by atoms with Crippen LogP contribution < -0.4 is 0 Å². The van der Waals surface area contributed by atoms with Crippen molar-refractivity contribution >= 4 is 0 Å². The van der Waals surface area contributed by atoms with E-state index >= 15 is 0 Å². The van der Waals surface area contributed by atoms with Gasteiger partial charge in [0.1, 0.15) is 0 Å². The van der Waals surface area contributed by atoms with Gasteiger partial charge in [-0.05, 0) is 97.7 Å². The first-order valence-electron chi connectivity index (χ1n) is 12.0. The highest BCUT2D eigenvalue weighted by atomic mass is 19.4. The van der Waals surface area contributed by atoms with Crippen molar-refractivity contribution in [3.63, 3.8) is 0 Å². The predicted molar refractivity (Wildman–Crippen MR) is 110 cm³/mol. The molecule has 1 nitrogen and oxygen atoms in total. The Morgan fingerprint density at radius 2 is 1.59 bits per heavy atom. The lowest BCUT2D eigenvalue weighted by Gasteiger charge is -2.60. The normalized spacial score (nSPS) is 47.3. The number of aliphatic hydroxyl groups is 1. The van der Waals surface area contributed by atoms with Crippen molar-refractivity contribution in [1.82, 2.24) is 0 Å². The summed E-state index contributed by atoms with van der Waals surface area (Å²) in [7, 11) is 0. The monoisotopic (exact) mass is 412 g/mol. The highest BCUT2D eigenvalue weighted by molar-refractivity contribution is 5.11. The molecule has 0 aliphatic heterocycles. The molecule has 4 saturated carbocycles. The van der Waals surface area contributed by atoms with Crippen molar-refractivity contribution < 1.29 is 18.3 Å². The smallest absolute Gasteiger partial charge is 0.380 e. The number of rotatable bonds is 3. The van der Waals surface area contributed by atoms with Gasteiger partial charge < -0.3 is 5.11 Å². The average molecular weight is 413 g/mol. The summed E-state index contributed by atoms with van der Waals surface area (Å²) in [4.78, 5) is 0. The quantitative estimate of drug-likeness (QED) is 0.488. The highest BCUT2D eigenvalue weighted by Gasteiger charge is 2.60. The Bertz CT molecular complexity index is 628. The van der Waals surface area contributed by atoms with Gasteiger partial charge in [-0.1, -0.05) is 45.8 Å². The molecule has 0 spiro atoms. The molecular weight excluding hydrogens is 373 g/mol. The minimum atomic E-state index is -4.57. The van der Waals surface area contributed by atoms with E-state index in [0.29, 0.717) is 11.3 Å². The van der Waals surface area contributed by atoms with E-state index in [4.69, 9.17) is 0 Å². The number of hydrogen-bond acceptors (Lipinski definition) is 1. The largest absolute Gasteiger partial charge is 0.417 e. The molecule has 0 heterocycles. The van der Waals surface area contributed by atoms with Crippen LogP contribution in [0.4, 0.5) is 13.2 Å².